The number of benzene rings is 1. The molecule has 1 saturated heterocycles. The van der Waals surface area contributed by atoms with E-state index in [0.29, 0.717) is 13.1 Å². The summed E-state index contributed by atoms with van der Waals surface area (Å²) < 4.78 is 25.5. The third-order valence-corrected chi connectivity index (χ3v) is 5.40. The number of halogens is 1. The van der Waals surface area contributed by atoms with E-state index in [1.54, 1.807) is 0 Å². The zero-order valence-corrected chi connectivity index (χ0v) is 15.0. The van der Waals surface area contributed by atoms with Crippen LogP contribution in [-0.4, -0.2) is 44.1 Å². The maximum atomic E-state index is 12.1. The zero-order valence-electron chi connectivity index (χ0n) is 12.6. The average Bonchev–Trinajstić information content (AvgIpc) is 2.42. The van der Waals surface area contributed by atoms with Crippen LogP contribution in [0.15, 0.2) is 22.7 Å². The molecule has 0 saturated carbocycles. The number of carbonyl (C=O) groups is 1. The van der Waals surface area contributed by atoms with Crippen LogP contribution in [-0.2, 0) is 10.0 Å². The van der Waals surface area contributed by atoms with Crippen LogP contribution in [0.4, 0.5) is 10.5 Å². The lowest BCUT2D eigenvalue weighted by Gasteiger charge is -2.31. The molecule has 0 bridgehead atoms. The predicted octanol–water partition coefficient (Wildman–Crippen LogP) is 2.30. The Morgan fingerprint density at radius 3 is 2.82 bits per heavy atom. The molecule has 2 amide bonds. The van der Waals surface area contributed by atoms with Crippen LogP contribution in [0.2, 0.25) is 0 Å². The van der Waals surface area contributed by atoms with E-state index in [-0.39, 0.29) is 12.1 Å². The number of carbonyl (C=O) groups excluding carboxylic acids is 1. The van der Waals surface area contributed by atoms with Crippen LogP contribution >= 0.6 is 15.9 Å². The van der Waals surface area contributed by atoms with Crippen LogP contribution in [0.5, 0.6) is 0 Å². The molecule has 8 heteroatoms. The fourth-order valence-corrected chi connectivity index (χ4v) is 3.71. The van der Waals surface area contributed by atoms with Crippen molar-refractivity contribution in [3.8, 4) is 0 Å². The third-order valence-electron chi connectivity index (χ3n) is 3.64. The highest BCUT2D eigenvalue weighted by molar-refractivity contribution is 9.10. The minimum Gasteiger partial charge on any atom is -0.334 e. The van der Waals surface area contributed by atoms with Gasteiger partial charge in [0.2, 0.25) is 10.0 Å². The molecule has 1 aliphatic heterocycles. The number of nitrogens with one attached hydrogen (secondary N) is 2. The second kappa shape index (κ2) is 6.97. The summed E-state index contributed by atoms with van der Waals surface area (Å²) in [6.07, 6.45) is 2.71. The van der Waals surface area contributed by atoms with E-state index < -0.39 is 10.0 Å². The number of piperidine rings is 1. The van der Waals surface area contributed by atoms with Gasteiger partial charge < -0.3 is 10.6 Å². The normalized spacial score (nSPS) is 19.7. The van der Waals surface area contributed by atoms with E-state index in [0.717, 1.165) is 28.6 Å². The molecule has 1 atom stereocenters. The first-order valence-corrected chi connectivity index (χ1v) is 9.68. The van der Waals surface area contributed by atoms with Crippen LogP contribution in [0.25, 0.3) is 0 Å². The molecule has 2 N–H and O–H groups in total. The maximum Gasteiger partial charge on any atom is 0.319 e. The fraction of sp³-hybridized carbons (Fsp3) is 0.500. The van der Waals surface area contributed by atoms with Gasteiger partial charge in [0.15, 0.2) is 0 Å². The van der Waals surface area contributed by atoms with Gasteiger partial charge in [-0.25, -0.2) is 17.5 Å². The molecule has 0 aromatic heterocycles. The maximum absolute atomic E-state index is 12.1. The predicted molar refractivity (Wildman–Crippen MR) is 90.5 cm³/mol. The smallest absolute Gasteiger partial charge is 0.319 e. The third kappa shape index (κ3) is 4.69. The van der Waals surface area contributed by atoms with E-state index in [9.17, 15) is 13.2 Å². The number of rotatable bonds is 3. The topological polar surface area (TPSA) is 78.5 Å². The number of urea groups is 1. The summed E-state index contributed by atoms with van der Waals surface area (Å²) in [6, 6.07) is 5.16. The molecule has 0 spiro atoms. The second-order valence-corrected chi connectivity index (χ2v) is 8.42. The summed E-state index contributed by atoms with van der Waals surface area (Å²) in [4.78, 5) is 12.1. The number of nitrogens with zero attached hydrogens (tertiary/aromatic N) is 1. The molecule has 1 heterocycles. The number of hydrogen-bond acceptors (Lipinski definition) is 3. The Morgan fingerprint density at radius 1 is 1.41 bits per heavy atom. The van der Waals surface area contributed by atoms with Crippen LogP contribution < -0.4 is 10.6 Å². The largest absolute Gasteiger partial charge is 0.334 e. The summed E-state index contributed by atoms with van der Waals surface area (Å²) in [6.45, 7) is 2.75. The number of anilines is 1. The Kier molecular flexibility index (Phi) is 5.46. The number of amides is 2. The lowest BCUT2D eigenvalue weighted by molar-refractivity contribution is 0.236. The molecule has 0 radical (unpaired) electrons. The summed E-state index contributed by atoms with van der Waals surface area (Å²) in [5, 5.41) is 5.65. The first-order chi connectivity index (χ1) is 10.3. The molecule has 0 aliphatic carbocycles. The van der Waals surface area contributed by atoms with Gasteiger partial charge in [-0.1, -0.05) is 22.0 Å². The van der Waals surface area contributed by atoms with Gasteiger partial charge in [-0.05, 0) is 37.5 Å². The van der Waals surface area contributed by atoms with E-state index in [4.69, 9.17) is 0 Å². The minimum absolute atomic E-state index is 0.170. The van der Waals surface area contributed by atoms with E-state index in [1.807, 2.05) is 25.1 Å². The Balaban J connectivity index is 1.96. The first kappa shape index (κ1) is 17.2. The van der Waals surface area contributed by atoms with Crippen molar-refractivity contribution < 1.29 is 13.2 Å². The van der Waals surface area contributed by atoms with Crippen LogP contribution in [0.1, 0.15) is 18.4 Å². The highest BCUT2D eigenvalue weighted by Crippen LogP contribution is 2.20. The Bertz CT molecular complexity index is 663. The minimum atomic E-state index is -3.21. The summed E-state index contributed by atoms with van der Waals surface area (Å²) in [5.74, 6) is 0. The standard InChI is InChI=1S/C14H20BrN3O3S/c1-10-5-6-11(15)8-13(10)17-14(19)16-12-4-3-7-18(9-12)22(2,20)21/h5-6,8,12H,3-4,7,9H2,1-2H3,(H2,16,17,19). The van der Waals surface area contributed by atoms with E-state index in [1.165, 1.54) is 10.6 Å². The number of sulfonamides is 1. The lowest BCUT2D eigenvalue weighted by Crippen LogP contribution is -2.50. The molecule has 1 unspecified atom stereocenters. The van der Waals surface area contributed by atoms with Gasteiger partial charge >= 0.3 is 6.03 Å². The average molecular weight is 390 g/mol. The van der Waals surface area contributed by atoms with Gasteiger partial charge in [-0.3, -0.25) is 0 Å². The lowest BCUT2D eigenvalue weighted by atomic mass is 10.1. The Labute approximate surface area is 139 Å². The van der Waals surface area contributed by atoms with Gasteiger partial charge in [-0.15, -0.1) is 0 Å². The van der Waals surface area contributed by atoms with Gasteiger partial charge in [-0.2, -0.15) is 0 Å². The molecule has 1 fully saturated rings. The van der Waals surface area contributed by atoms with Crippen molar-refractivity contribution in [2.75, 3.05) is 24.7 Å². The van der Waals surface area contributed by atoms with Crippen LogP contribution in [0.3, 0.4) is 0 Å². The van der Waals surface area contributed by atoms with Gasteiger partial charge in [0, 0.05) is 29.3 Å². The first-order valence-electron chi connectivity index (χ1n) is 7.04. The summed E-state index contributed by atoms with van der Waals surface area (Å²) in [5.41, 5.74) is 1.68. The van der Waals surface area contributed by atoms with Crippen LogP contribution in [0, 0.1) is 6.92 Å². The van der Waals surface area contributed by atoms with Crippen molar-refractivity contribution in [2.24, 2.45) is 0 Å². The molecular formula is C14H20BrN3O3S. The second-order valence-electron chi connectivity index (χ2n) is 5.52. The van der Waals surface area contributed by atoms with Gasteiger partial charge in [0.1, 0.15) is 0 Å². The molecule has 2 rings (SSSR count). The molecule has 1 aliphatic rings. The molecule has 122 valence electrons. The number of aryl methyl sites for hydroxylation is 1. The van der Waals surface area contributed by atoms with Crippen molar-refractivity contribution in [3.63, 3.8) is 0 Å². The molecule has 1 aromatic carbocycles. The van der Waals surface area contributed by atoms with E-state index >= 15 is 0 Å². The summed E-state index contributed by atoms with van der Waals surface area (Å²) in [7, 11) is -3.21. The highest BCUT2D eigenvalue weighted by atomic mass is 79.9. The quantitative estimate of drug-likeness (QED) is 0.832. The fourth-order valence-electron chi connectivity index (χ4n) is 2.43. The van der Waals surface area contributed by atoms with Crippen molar-refractivity contribution in [1.82, 2.24) is 9.62 Å². The molecule has 22 heavy (non-hydrogen) atoms. The Morgan fingerprint density at radius 2 is 2.14 bits per heavy atom. The van der Waals surface area contributed by atoms with Crippen molar-refractivity contribution >= 4 is 37.7 Å². The number of hydrogen-bond donors (Lipinski definition) is 2. The SMILES string of the molecule is Cc1ccc(Br)cc1NC(=O)NC1CCCN(S(C)(=O)=O)C1. The highest BCUT2D eigenvalue weighted by Gasteiger charge is 2.26. The van der Waals surface area contributed by atoms with Crippen molar-refractivity contribution in [1.29, 1.82) is 0 Å². The van der Waals surface area contributed by atoms with Crippen molar-refractivity contribution in [2.45, 2.75) is 25.8 Å². The zero-order chi connectivity index (χ0) is 16.3. The molecular weight excluding hydrogens is 370 g/mol. The van der Waals surface area contributed by atoms with Gasteiger partial charge in [0.25, 0.3) is 0 Å². The Hall–Kier alpha value is -1.12. The molecule has 1 aromatic rings. The van der Waals surface area contributed by atoms with Gasteiger partial charge in [0.05, 0.1) is 6.26 Å². The van der Waals surface area contributed by atoms with E-state index in [2.05, 4.69) is 26.6 Å². The van der Waals surface area contributed by atoms with Crippen molar-refractivity contribution in [3.05, 3.63) is 28.2 Å². The monoisotopic (exact) mass is 389 g/mol. The summed E-state index contributed by atoms with van der Waals surface area (Å²) >= 11 is 3.37. The molecule has 6 nitrogen and oxygen atoms in total.